The van der Waals surface area contributed by atoms with Gasteiger partial charge in [0.25, 0.3) is 15.0 Å². The molecule has 1 rings (SSSR count). The molecule has 0 aliphatic rings. The van der Waals surface area contributed by atoms with Crippen LogP contribution in [0.3, 0.4) is 0 Å². The van der Waals surface area contributed by atoms with Gasteiger partial charge in [-0.05, 0) is 24.3 Å². The van der Waals surface area contributed by atoms with E-state index < -0.39 is 9.05 Å². The normalized spacial score (nSPS) is 11.3. The summed E-state index contributed by atoms with van der Waals surface area (Å²) >= 11 is 0. The van der Waals surface area contributed by atoms with Crippen LogP contribution in [0.15, 0.2) is 29.2 Å². The largest absolute Gasteiger partial charge is 0.383 e. The molecule has 0 saturated heterocycles. The van der Waals surface area contributed by atoms with Crippen molar-refractivity contribution in [3.05, 3.63) is 29.8 Å². The predicted molar refractivity (Wildman–Crippen MR) is 68.3 cm³/mol. The highest BCUT2D eigenvalue weighted by Gasteiger charge is 2.14. The molecule has 0 heterocycles. The quantitative estimate of drug-likeness (QED) is 0.768. The topological polar surface area (TPSA) is 63.7 Å². The van der Waals surface area contributed by atoms with E-state index in [0.717, 1.165) is 0 Å². The molecule has 0 radical (unpaired) electrons. The summed E-state index contributed by atoms with van der Waals surface area (Å²) in [4.78, 5) is 13.4. The van der Waals surface area contributed by atoms with Crippen LogP contribution in [0.25, 0.3) is 0 Å². The summed E-state index contributed by atoms with van der Waals surface area (Å²) in [5.74, 6) is -0.203. The van der Waals surface area contributed by atoms with Crippen LogP contribution in [0, 0.1) is 0 Å². The van der Waals surface area contributed by atoms with Crippen molar-refractivity contribution in [1.29, 1.82) is 0 Å². The van der Waals surface area contributed by atoms with Crippen LogP contribution >= 0.6 is 10.7 Å². The van der Waals surface area contributed by atoms with E-state index in [1.165, 1.54) is 29.2 Å². The fraction of sp³-hybridized carbons (Fsp3) is 0.364. The summed E-state index contributed by atoms with van der Waals surface area (Å²) in [5, 5.41) is 0. The van der Waals surface area contributed by atoms with Crippen molar-refractivity contribution in [2.24, 2.45) is 0 Å². The predicted octanol–water partition coefficient (Wildman–Crippen LogP) is 1.33. The van der Waals surface area contributed by atoms with E-state index in [9.17, 15) is 13.2 Å². The lowest BCUT2D eigenvalue weighted by atomic mass is 10.2. The maximum atomic E-state index is 11.9. The number of hydrogen-bond donors (Lipinski definition) is 0. The summed E-state index contributed by atoms with van der Waals surface area (Å²) < 4.78 is 27.0. The Morgan fingerprint density at radius 2 is 1.89 bits per heavy atom. The average Bonchev–Trinajstić information content (AvgIpc) is 2.34. The maximum Gasteiger partial charge on any atom is 0.261 e. The minimum absolute atomic E-state index is 0.0275. The van der Waals surface area contributed by atoms with Crippen molar-refractivity contribution >= 4 is 25.6 Å². The Balaban J connectivity index is 2.82. The fourth-order valence-corrected chi connectivity index (χ4v) is 2.08. The van der Waals surface area contributed by atoms with Gasteiger partial charge in [0.05, 0.1) is 11.5 Å². The molecule has 0 aliphatic heterocycles. The molecule has 0 atom stereocenters. The van der Waals surface area contributed by atoms with Gasteiger partial charge in [0.15, 0.2) is 0 Å². The van der Waals surface area contributed by atoms with E-state index in [0.29, 0.717) is 18.7 Å². The first-order valence-corrected chi connectivity index (χ1v) is 7.46. The number of benzene rings is 1. The van der Waals surface area contributed by atoms with Crippen LogP contribution in [0.1, 0.15) is 10.4 Å². The Labute approximate surface area is 111 Å². The summed E-state index contributed by atoms with van der Waals surface area (Å²) in [7, 11) is 4.63. The number of nitrogens with zero attached hydrogens (tertiary/aromatic N) is 1. The molecule has 100 valence electrons. The van der Waals surface area contributed by atoms with E-state index >= 15 is 0 Å². The summed E-state index contributed by atoms with van der Waals surface area (Å²) in [6.07, 6.45) is 0. The molecule has 1 amide bonds. The SMILES string of the molecule is COCCN(C)C(=O)c1ccc(S(=O)(=O)Cl)cc1. The number of halogens is 1. The van der Waals surface area contributed by atoms with Gasteiger partial charge < -0.3 is 9.64 Å². The maximum absolute atomic E-state index is 11.9. The smallest absolute Gasteiger partial charge is 0.261 e. The Bertz CT molecular complexity index is 512. The highest BCUT2D eigenvalue weighted by atomic mass is 35.7. The first-order chi connectivity index (χ1) is 8.36. The van der Waals surface area contributed by atoms with Crippen LogP contribution in [0.5, 0.6) is 0 Å². The highest BCUT2D eigenvalue weighted by Crippen LogP contribution is 2.15. The molecular formula is C11H14ClNO4S. The Kier molecular flexibility index (Phi) is 5.13. The third-order valence-electron chi connectivity index (χ3n) is 2.36. The first-order valence-electron chi connectivity index (χ1n) is 5.15. The van der Waals surface area contributed by atoms with Crippen molar-refractivity contribution in [3.63, 3.8) is 0 Å². The standard InChI is InChI=1S/C11H14ClNO4S/c1-13(7-8-17-2)11(14)9-3-5-10(6-4-9)18(12,15)16/h3-6H,7-8H2,1-2H3. The number of rotatable bonds is 5. The van der Waals surface area contributed by atoms with Gasteiger partial charge in [-0.25, -0.2) is 8.42 Å². The van der Waals surface area contributed by atoms with Crippen molar-refractivity contribution < 1.29 is 17.9 Å². The van der Waals surface area contributed by atoms with Crippen LogP contribution in [-0.4, -0.2) is 46.5 Å². The number of methoxy groups -OCH3 is 1. The second kappa shape index (κ2) is 6.17. The van der Waals surface area contributed by atoms with Crippen molar-refractivity contribution in [1.82, 2.24) is 4.90 Å². The van der Waals surface area contributed by atoms with Gasteiger partial charge in [-0.3, -0.25) is 4.79 Å². The number of amides is 1. The van der Waals surface area contributed by atoms with Gasteiger partial charge in [-0.15, -0.1) is 0 Å². The molecule has 0 aliphatic carbocycles. The minimum Gasteiger partial charge on any atom is -0.383 e. The van der Waals surface area contributed by atoms with Crippen LogP contribution in [-0.2, 0) is 13.8 Å². The van der Waals surface area contributed by atoms with E-state index in [4.69, 9.17) is 15.4 Å². The molecule has 0 N–H and O–H groups in total. The summed E-state index contributed by atoms with van der Waals surface area (Å²) in [5.41, 5.74) is 0.401. The molecule has 1 aromatic carbocycles. The number of ether oxygens (including phenoxy) is 1. The third-order valence-corrected chi connectivity index (χ3v) is 3.73. The van der Waals surface area contributed by atoms with Crippen molar-refractivity contribution in [3.8, 4) is 0 Å². The molecule has 1 aromatic rings. The molecular weight excluding hydrogens is 278 g/mol. The van der Waals surface area contributed by atoms with Gasteiger partial charge in [0.2, 0.25) is 0 Å². The zero-order chi connectivity index (χ0) is 13.8. The van der Waals surface area contributed by atoms with Crippen molar-refractivity contribution in [2.45, 2.75) is 4.90 Å². The lowest BCUT2D eigenvalue weighted by Gasteiger charge is -2.16. The van der Waals surface area contributed by atoms with E-state index in [1.807, 2.05) is 0 Å². The summed E-state index contributed by atoms with van der Waals surface area (Å²) in [6.45, 7) is 0.904. The monoisotopic (exact) mass is 291 g/mol. The molecule has 0 saturated carbocycles. The number of carbonyl (C=O) groups excluding carboxylic acids is 1. The van der Waals surface area contributed by atoms with Crippen molar-refractivity contribution in [2.75, 3.05) is 27.3 Å². The van der Waals surface area contributed by atoms with Crippen LogP contribution in [0.4, 0.5) is 0 Å². The molecule has 0 spiro atoms. The van der Waals surface area contributed by atoms with Crippen LogP contribution in [0.2, 0.25) is 0 Å². The molecule has 0 aromatic heterocycles. The van der Waals surface area contributed by atoms with Gasteiger partial charge in [-0.1, -0.05) is 0 Å². The highest BCUT2D eigenvalue weighted by molar-refractivity contribution is 8.13. The zero-order valence-electron chi connectivity index (χ0n) is 10.1. The number of hydrogen-bond acceptors (Lipinski definition) is 4. The Hall–Kier alpha value is -1.11. The molecule has 0 bridgehead atoms. The molecule has 0 fully saturated rings. The van der Waals surface area contributed by atoms with E-state index in [1.54, 1.807) is 14.2 Å². The van der Waals surface area contributed by atoms with Gasteiger partial charge in [-0.2, -0.15) is 0 Å². The molecule has 7 heteroatoms. The van der Waals surface area contributed by atoms with E-state index in [-0.39, 0.29) is 10.8 Å². The number of likely N-dealkylation sites (N-methyl/N-ethyl adjacent to an activating group) is 1. The molecule has 5 nitrogen and oxygen atoms in total. The minimum atomic E-state index is -3.75. The van der Waals surface area contributed by atoms with Gasteiger partial charge in [0, 0.05) is 36.9 Å². The van der Waals surface area contributed by atoms with E-state index in [2.05, 4.69) is 0 Å². The lowest BCUT2D eigenvalue weighted by Crippen LogP contribution is -2.29. The molecule has 0 unspecified atom stereocenters. The number of carbonyl (C=O) groups is 1. The Morgan fingerprint density at radius 1 is 1.33 bits per heavy atom. The van der Waals surface area contributed by atoms with Gasteiger partial charge >= 0.3 is 0 Å². The average molecular weight is 292 g/mol. The Morgan fingerprint density at radius 3 is 2.33 bits per heavy atom. The van der Waals surface area contributed by atoms with Crippen LogP contribution < -0.4 is 0 Å². The first kappa shape index (κ1) is 14.9. The second-order valence-corrected chi connectivity index (χ2v) is 6.25. The second-order valence-electron chi connectivity index (χ2n) is 3.68. The third kappa shape index (κ3) is 3.97. The fourth-order valence-electron chi connectivity index (χ4n) is 1.31. The lowest BCUT2D eigenvalue weighted by molar-refractivity contribution is 0.0744. The van der Waals surface area contributed by atoms with Gasteiger partial charge in [0.1, 0.15) is 0 Å². The molecule has 18 heavy (non-hydrogen) atoms. The summed E-state index contributed by atoms with van der Waals surface area (Å²) in [6, 6.07) is 5.47. The zero-order valence-corrected chi connectivity index (χ0v) is 11.7.